The maximum absolute atomic E-state index is 12.4. The number of fused-ring (bicyclic) bond motifs is 1. The number of anilines is 1. The number of carbonyl (C=O) groups excluding carboxylic acids is 2. The minimum atomic E-state index is -1.15. The van der Waals surface area contributed by atoms with Crippen molar-refractivity contribution in [2.45, 2.75) is 13.0 Å². The molecular weight excluding hydrogens is 336 g/mol. The van der Waals surface area contributed by atoms with Gasteiger partial charge >= 0.3 is 11.9 Å². The van der Waals surface area contributed by atoms with Gasteiger partial charge in [-0.05, 0) is 30.2 Å². The van der Waals surface area contributed by atoms with Crippen LogP contribution in [-0.2, 0) is 14.4 Å². The molecule has 1 atom stereocenters. The largest absolute Gasteiger partial charge is 0.479 e. The summed E-state index contributed by atoms with van der Waals surface area (Å²) in [5.74, 6) is -1.72. The van der Waals surface area contributed by atoms with E-state index < -0.39 is 23.9 Å². The van der Waals surface area contributed by atoms with E-state index in [4.69, 9.17) is 4.74 Å². The predicted molar refractivity (Wildman–Crippen MR) is 94.0 cm³/mol. The zero-order valence-corrected chi connectivity index (χ0v) is 14.1. The maximum atomic E-state index is 12.4. The van der Waals surface area contributed by atoms with E-state index in [1.165, 1.54) is 0 Å². The fraction of sp³-hybridized carbons (Fsp3) is 0.211. The number of nitrogens with one attached hydrogen (secondary N) is 1. The molecule has 7 nitrogen and oxygen atoms in total. The first kappa shape index (κ1) is 17.5. The van der Waals surface area contributed by atoms with Crippen LogP contribution in [0, 0.1) is 6.92 Å². The molecule has 2 aromatic carbocycles. The van der Waals surface area contributed by atoms with Crippen molar-refractivity contribution in [2.24, 2.45) is 0 Å². The van der Waals surface area contributed by atoms with Gasteiger partial charge in [0.2, 0.25) is 5.91 Å². The summed E-state index contributed by atoms with van der Waals surface area (Å²) in [6.07, 6.45) is 0. The summed E-state index contributed by atoms with van der Waals surface area (Å²) in [4.78, 5) is 37.3. The van der Waals surface area contributed by atoms with E-state index in [1.54, 1.807) is 47.4 Å². The topological polar surface area (TPSA) is 95.9 Å². The zero-order chi connectivity index (χ0) is 18.7. The summed E-state index contributed by atoms with van der Waals surface area (Å²) < 4.78 is 5.21. The minimum Gasteiger partial charge on any atom is -0.479 e. The summed E-state index contributed by atoms with van der Waals surface area (Å²) in [5.41, 5.74) is 2.03. The normalized spacial score (nSPS) is 14.2. The highest BCUT2D eigenvalue weighted by molar-refractivity contribution is 5.91. The first-order valence-corrected chi connectivity index (χ1v) is 8.07. The summed E-state index contributed by atoms with van der Waals surface area (Å²) in [7, 11) is 0. The number of ether oxygens (including phenoxy) is 1. The predicted octanol–water partition coefficient (Wildman–Crippen LogP) is 1.66. The van der Waals surface area contributed by atoms with Gasteiger partial charge in [-0.3, -0.25) is 4.79 Å². The number of aryl methyl sites for hydroxylation is 1. The number of carbonyl (C=O) groups is 3. The number of nitrogens with zero attached hydrogens (tertiary/aromatic N) is 1. The van der Waals surface area contributed by atoms with E-state index in [1.807, 2.05) is 13.0 Å². The number of rotatable bonds is 5. The summed E-state index contributed by atoms with van der Waals surface area (Å²) >= 11 is 0. The molecule has 1 unspecified atom stereocenters. The Balaban J connectivity index is 1.76. The number of aliphatic carboxylic acids is 1. The van der Waals surface area contributed by atoms with Gasteiger partial charge in [0.25, 0.3) is 0 Å². The molecule has 3 rings (SSSR count). The van der Waals surface area contributed by atoms with Crippen LogP contribution in [0.15, 0.2) is 48.5 Å². The Morgan fingerprint density at radius 2 is 1.96 bits per heavy atom. The van der Waals surface area contributed by atoms with Crippen LogP contribution in [0.4, 0.5) is 5.69 Å². The third-order valence-electron chi connectivity index (χ3n) is 4.02. The van der Waals surface area contributed by atoms with Crippen molar-refractivity contribution in [3.63, 3.8) is 0 Å². The van der Waals surface area contributed by atoms with Gasteiger partial charge in [-0.1, -0.05) is 36.4 Å². The lowest BCUT2D eigenvalue weighted by Gasteiger charge is -2.29. The highest BCUT2D eigenvalue weighted by atomic mass is 16.5. The van der Waals surface area contributed by atoms with E-state index in [9.17, 15) is 19.5 Å². The molecule has 0 saturated heterocycles. The van der Waals surface area contributed by atoms with Crippen LogP contribution in [0.1, 0.15) is 17.2 Å². The standard InChI is InChI=1S/C19H18N2O5/c1-12-7-8-14-15(9-12)26-17(23)11-21(14)10-16(22)20-18(19(24)25)13-5-3-2-4-6-13/h2-9,18H,10-11H2,1H3,(H,20,22)(H,24,25). The number of carboxylic acids is 1. The molecule has 134 valence electrons. The highest BCUT2D eigenvalue weighted by Crippen LogP contribution is 2.32. The number of amides is 1. The number of hydrogen-bond donors (Lipinski definition) is 2. The summed E-state index contributed by atoms with van der Waals surface area (Å²) in [6.45, 7) is 1.64. The van der Waals surface area contributed by atoms with Crippen LogP contribution < -0.4 is 15.0 Å². The third-order valence-corrected chi connectivity index (χ3v) is 4.02. The first-order chi connectivity index (χ1) is 12.4. The fourth-order valence-corrected chi connectivity index (χ4v) is 2.81. The van der Waals surface area contributed by atoms with Crippen LogP contribution in [0.25, 0.3) is 0 Å². The van der Waals surface area contributed by atoms with Crippen molar-refractivity contribution >= 4 is 23.5 Å². The van der Waals surface area contributed by atoms with Crippen LogP contribution in [0.3, 0.4) is 0 Å². The number of benzene rings is 2. The molecule has 0 bridgehead atoms. The second-order valence-electron chi connectivity index (χ2n) is 6.05. The van der Waals surface area contributed by atoms with Gasteiger partial charge in [0.05, 0.1) is 12.2 Å². The number of hydrogen-bond acceptors (Lipinski definition) is 5. The monoisotopic (exact) mass is 354 g/mol. The van der Waals surface area contributed by atoms with Crippen molar-refractivity contribution in [2.75, 3.05) is 18.0 Å². The fourth-order valence-electron chi connectivity index (χ4n) is 2.81. The summed E-state index contributed by atoms with van der Waals surface area (Å²) in [6, 6.07) is 12.6. The van der Waals surface area contributed by atoms with E-state index >= 15 is 0 Å². The molecule has 2 aromatic rings. The van der Waals surface area contributed by atoms with Gasteiger partial charge in [-0.2, -0.15) is 0 Å². The van der Waals surface area contributed by atoms with Crippen molar-refractivity contribution in [3.05, 3.63) is 59.7 Å². The van der Waals surface area contributed by atoms with Gasteiger partial charge in [0.15, 0.2) is 11.8 Å². The molecule has 0 aromatic heterocycles. The quantitative estimate of drug-likeness (QED) is 0.626. The smallest absolute Gasteiger partial charge is 0.331 e. The Morgan fingerprint density at radius 1 is 1.23 bits per heavy atom. The molecular formula is C19H18N2O5. The number of carboxylic acid groups (broad SMARTS) is 1. The van der Waals surface area contributed by atoms with Crippen molar-refractivity contribution in [1.82, 2.24) is 5.32 Å². The van der Waals surface area contributed by atoms with Gasteiger partial charge in [-0.25, -0.2) is 9.59 Å². The van der Waals surface area contributed by atoms with Crippen LogP contribution >= 0.6 is 0 Å². The first-order valence-electron chi connectivity index (χ1n) is 8.07. The molecule has 0 fully saturated rings. The molecule has 1 heterocycles. The van der Waals surface area contributed by atoms with E-state index in [-0.39, 0.29) is 13.1 Å². The molecule has 0 spiro atoms. The van der Waals surface area contributed by atoms with E-state index in [2.05, 4.69) is 5.32 Å². The molecule has 0 radical (unpaired) electrons. The highest BCUT2D eigenvalue weighted by Gasteiger charge is 2.28. The van der Waals surface area contributed by atoms with Crippen LogP contribution in [-0.4, -0.2) is 36.0 Å². The lowest BCUT2D eigenvalue weighted by Crippen LogP contribution is -2.45. The van der Waals surface area contributed by atoms with Crippen molar-refractivity contribution < 1.29 is 24.2 Å². The SMILES string of the molecule is Cc1ccc2c(c1)OC(=O)CN2CC(=O)NC(C(=O)O)c1ccccc1. The van der Waals surface area contributed by atoms with E-state index in [0.29, 0.717) is 17.0 Å². The van der Waals surface area contributed by atoms with Gasteiger partial charge in [-0.15, -0.1) is 0 Å². The molecule has 0 aliphatic carbocycles. The minimum absolute atomic E-state index is 0.0768. The molecule has 1 aliphatic rings. The Morgan fingerprint density at radius 3 is 2.65 bits per heavy atom. The zero-order valence-electron chi connectivity index (χ0n) is 14.1. The third kappa shape index (κ3) is 3.83. The Bertz CT molecular complexity index is 850. The molecule has 0 saturated carbocycles. The molecule has 7 heteroatoms. The van der Waals surface area contributed by atoms with Crippen molar-refractivity contribution in [3.8, 4) is 5.75 Å². The summed E-state index contributed by atoms with van der Waals surface area (Å²) in [5, 5.41) is 11.9. The second-order valence-corrected chi connectivity index (χ2v) is 6.05. The Hall–Kier alpha value is -3.35. The number of esters is 1. The Kier molecular flexibility index (Phi) is 4.88. The van der Waals surface area contributed by atoms with Crippen molar-refractivity contribution in [1.29, 1.82) is 0 Å². The molecule has 2 N–H and O–H groups in total. The molecule has 1 amide bonds. The second kappa shape index (κ2) is 7.26. The van der Waals surface area contributed by atoms with E-state index in [0.717, 1.165) is 5.56 Å². The van der Waals surface area contributed by atoms with Crippen LogP contribution in [0.5, 0.6) is 5.75 Å². The van der Waals surface area contributed by atoms with Gasteiger partial charge in [0.1, 0.15) is 6.54 Å². The lowest BCUT2D eigenvalue weighted by atomic mass is 10.1. The Labute approximate surface area is 150 Å². The van der Waals surface area contributed by atoms with Gasteiger partial charge in [0, 0.05) is 0 Å². The molecule has 1 aliphatic heterocycles. The lowest BCUT2D eigenvalue weighted by molar-refractivity contribution is -0.142. The average molecular weight is 354 g/mol. The maximum Gasteiger partial charge on any atom is 0.331 e. The average Bonchev–Trinajstić information content (AvgIpc) is 2.59. The van der Waals surface area contributed by atoms with Crippen LogP contribution in [0.2, 0.25) is 0 Å². The molecule has 26 heavy (non-hydrogen) atoms. The van der Waals surface area contributed by atoms with Gasteiger partial charge < -0.3 is 20.1 Å².